The molecule has 7 nitrogen and oxygen atoms in total. The fourth-order valence-corrected chi connectivity index (χ4v) is 1.96. The number of nitrogens with two attached hydrogens (primary N) is 1. The first-order valence-corrected chi connectivity index (χ1v) is 6.69. The largest absolute Gasteiger partial charge is 0.489 e. The van der Waals surface area contributed by atoms with Crippen LogP contribution in [0.3, 0.4) is 0 Å². The average molecular weight is 314 g/mol. The number of hydrogen-bond acceptors (Lipinski definition) is 5. The molecular formula is C16H14N2O5. The Morgan fingerprint density at radius 2 is 1.74 bits per heavy atom. The van der Waals surface area contributed by atoms with Crippen molar-refractivity contribution in [2.24, 2.45) is 5.73 Å². The van der Waals surface area contributed by atoms with Gasteiger partial charge in [-0.3, -0.25) is 19.7 Å². The van der Waals surface area contributed by atoms with Gasteiger partial charge in [-0.2, -0.15) is 0 Å². The van der Waals surface area contributed by atoms with E-state index in [-0.39, 0.29) is 23.6 Å². The van der Waals surface area contributed by atoms with Crippen LogP contribution in [0.4, 0.5) is 5.69 Å². The molecule has 0 bridgehead atoms. The van der Waals surface area contributed by atoms with Crippen LogP contribution in [0.1, 0.15) is 33.2 Å². The number of ether oxygens (including phenoxy) is 1. The third-order valence-corrected chi connectivity index (χ3v) is 3.22. The van der Waals surface area contributed by atoms with Crippen molar-refractivity contribution in [3.8, 4) is 5.75 Å². The van der Waals surface area contributed by atoms with Gasteiger partial charge >= 0.3 is 0 Å². The Balaban J connectivity index is 2.18. The summed E-state index contributed by atoms with van der Waals surface area (Å²) >= 11 is 0. The second-order valence-corrected chi connectivity index (χ2v) is 4.83. The number of amides is 1. The van der Waals surface area contributed by atoms with Crippen molar-refractivity contribution in [2.75, 3.05) is 0 Å². The Kier molecular flexibility index (Phi) is 4.70. The van der Waals surface area contributed by atoms with Gasteiger partial charge in [0, 0.05) is 17.2 Å². The van der Waals surface area contributed by atoms with Gasteiger partial charge in [0.2, 0.25) is 5.91 Å². The second kappa shape index (κ2) is 6.69. The van der Waals surface area contributed by atoms with Crippen molar-refractivity contribution in [2.45, 2.75) is 13.5 Å². The number of benzene rings is 2. The zero-order valence-corrected chi connectivity index (χ0v) is 12.3. The Morgan fingerprint density at radius 3 is 2.26 bits per heavy atom. The second-order valence-electron chi connectivity index (χ2n) is 4.83. The van der Waals surface area contributed by atoms with Gasteiger partial charge in [-0.1, -0.05) is 0 Å². The zero-order chi connectivity index (χ0) is 17.0. The average Bonchev–Trinajstić information content (AvgIpc) is 2.52. The minimum atomic E-state index is -0.736. The number of hydrogen-bond donors (Lipinski definition) is 1. The van der Waals surface area contributed by atoms with E-state index >= 15 is 0 Å². The number of nitro groups is 1. The van der Waals surface area contributed by atoms with Crippen molar-refractivity contribution < 1.29 is 19.2 Å². The Labute approximate surface area is 131 Å². The van der Waals surface area contributed by atoms with Crippen molar-refractivity contribution in [1.29, 1.82) is 0 Å². The van der Waals surface area contributed by atoms with Gasteiger partial charge < -0.3 is 10.5 Å². The fourth-order valence-electron chi connectivity index (χ4n) is 1.96. The number of carbonyl (C=O) groups excluding carboxylic acids is 2. The van der Waals surface area contributed by atoms with Crippen LogP contribution in [0.15, 0.2) is 42.5 Å². The summed E-state index contributed by atoms with van der Waals surface area (Å²) in [6, 6.07) is 10.4. The number of nitrogens with zero attached hydrogens (tertiary/aromatic N) is 1. The van der Waals surface area contributed by atoms with Gasteiger partial charge in [-0.05, 0) is 43.3 Å². The van der Waals surface area contributed by atoms with Gasteiger partial charge in [0.15, 0.2) is 5.78 Å². The summed E-state index contributed by atoms with van der Waals surface area (Å²) in [4.78, 5) is 32.8. The molecule has 0 fully saturated rings. The monoisotopic (exact) mass is 314 g/mol. The summed E-state index contributed by atoms with van der Waals surface area (Å²) in [5.74, 6) is -0.321. The van der Waals surface area contributed by atoms with Crippen LogP contribution in [0, 0.1) is 10.1 Å². The van der Waals surface area contributed by atoms with Crippen LogP contribution in [0.5, 0.6) is 5.75 Å². The van der Waals surface area contributed by atoms with E-state index in [1.165, 1.54) is 19.1 Å². The Bertz CT molecular complexity index is 769. The van der Waals surface area contributed by atoms with Crippen LogP contribution < -0.4 is 10.5 Å². The summed E-state index contributed by atoms with van der Waals surface area (Å²) in [5, 5.41) is 11.1. The molecule has 2 rings (SSSR count). The maximum absolute atomic E-state index is 11.2. The highest BCUT2D eigenvalue weighted by Crippen LogP contribution is 2.22. The summed E-state index contributed by atoms with van der Waals surface area (Å²) in [6.07, 6.45) is 0. The molecule has 7 heteroatoms. The van der Waals surface area contributed by atoms with Gasteiger partial charge in [-0.25, -0.2) is 0 Å². The van der Waals surface area contributed by atoms with E-state index in [1.807, 2.05) is 0 Å². The summed E-state index contributed by atoms with van der Waals surface area (Å²) in [5.41, 5.74) is 5.81. The fraction of sp³-hybridized carbons (Fsp3) is 0.125. The first kappa shape index (κ1) is 16.2. The number of ketones is 1. The molecule has 0 saturated carbocycles. The van der Waals surface area contributed by atoms with Crippen LogP contribution in [0.2, 0.25) is 0 Å². The molecule has 0 unspecified atom stereocenters. The molecule has 0 heterocycles. The molecule has 0 aromatic heterocycles. The molecule has 2 N–H and O–H groups in total. The van der Waals surface area contributed by atoms with Crippen LogP contribution >= 0.6 is 0 Å². The molecule has 1 amide bonds. The zero-order valence-electron chi connectivity index (χ0n) is 12.3. The lowest BCUT2D eigenvalue weighted by Gasteiger charge is -2.08. The maximum atomic E-state index is 11.2. The number of primary amides is 1. The van der Waals surface area contributed by atoms with E-state index in [0.29, 0.717) is 16.9 Å². The minimum absolute atomic E-state index is 0.0469. The molecule has 23 heavy (non-hydrogen) atoms. The molecule has 2 aromatic rings. The number of rotatable bonds is 6. The van der Waals surface area contributed by atoms with E-state index < -0.39 is 10.8 Å². The summed E-state index contributed by atoms with van der Waals surface area (Å²) in [6.45, 7) is 1.41. The minimum Gasteiger partial charge on any atom is -0.489 e. The normalized spacial score (nSPS) is 10.1. The molecule has 118 valence electrons. The van der Waals surface area contributed by atoms with Crippen molar-refractivity contribution >= 4 is 17.4 Å². The molecule has 0 aliphatic carbocycles. The molecule has 0 aliphatic rings. The van der Waals surface area contributed by atoms with Crippen LogP contribution in [0.25, 0.3) is 0 Å². The number of Topliss-reactive ketones (excluding diaryl/α,β-unsaturated/α-hetero) is 1. The van der Waals surface area contributed by atoms with E-state index in [2.05, 4.69) is 0 Å². The standard InChI is InChI=1S/C16H14N2O5/c1-10(19)11-4-6-14(7-5-11)23-9-13-3-2-12(16(17)20)8-15(13)18(21)22/h2-8H,9H2,1H3,(H2,17,20). The highest BCUT2D eigenvalue weighted by molar-refractivity contribution is 5.94. The Hall–Kier alpha value is -3.22. The predicted octanol–water partition coefficient (Wildman–Crippen LogP) is 2.48. The highest BCUT2D eigenvalue weighted by Gasteiger charge is 2.17. The maximum Gasteiger partial charge on any atom is 0.276 e. The molecule has 0 spiro atoms. The lowest BCUT2D eigenvalue weighted by molar-refractivity contribution is -0.385. The summed E-state index contributed by atoms with van der Waals surface area (Å²) < 4.78 is 5.49. The molecule has 2 aromatic carbocycles. The Morgan fingerprint density at radius 1 is 1.13 bits per heavy atom. The smallest absolute Gasteiger partial charge is 0.276 e. The third kappa shape index (κ3) is 3.91. The molecular weight excluding hydrogens is 300 g/mol. The lowest BCUT2D eigenvalue weighted by Crippen LogP contribution is -2.12. The summed E-state index contributed by atoms with van der Waals surface area (Å²) in [7, 11) is 0. The van der Waals surface area contributed by atoms with Gasteiger partial charge in [-0.15, -0.1) is 0 Å². The third-order valence-electron chi connectivity index (χ3n) is 3.22. The van der Waals surface area contributed by atoms with Gasteiger partial charge in [0.05, 0.1) is 10.5 Å². The van der Waals surface area contributed by atoms with Crippen molar-refractivity contribution in [1.82, 2.24) is 0 Å². The predicted molar refractivity (Wildman–Crippen MR) is 82.4 cm³/mol. The molecule has 0 radical (unpaired) electrons. The van der Waals surface area contributed by atoms with Crippen molar-refractivity contribution in [3.63, 3.8) is 0 Å². The highest BCUT2D eigenvalue weighted by atomic mass is 16.6. The van der Waals surface area contributed by atoms with E-state index in [1.54, 1.807) is 24.3 Å². The number of nitro benzene ring substituents is 1. The first-order chi connectivity index (χ1) is 10.9. The quantitative estimate of drug-likeness (QED) is 0.500. The molecule has 0 aliphatic heterocycles. The number of carbonyl (C=O) groups is 2. The van der Waals surface area contributed by atoms with Gasteiger partial charge in [0.1, 0.15) is 12.4 Å². The van der Waals surface area contributed by atoms with Crippen LogP contribution in [-0.4, -0.2) is 16.6 Å². The topological polar surface area (TPSA) is 113 Å². The lowest BCUT2D eigenvalue weighted by atomic mass is 10.1. The van der Waals surface area contributed by atoms with E-state index in [9.17, 15) is 19.7 Å². The van der Waals surface area contributed by atoms with E-state index in [0.717, 1.165) is 6.07 Å². The van der Waals surface area contributed by atoms with Crippen molar-refractivity contribution in [3.05, 3.63) is 69.3 Å². The first-order valence-electron chi connectivity index (χ1n) is 6.69. The molecule has 0 saturated heterocycles. The van der Waals surface area contributed by atoms with Gasteiger partial charge in [0.25, 0.3) is 5.69 Å². The van der Waals surface area contributed by atoms with E-state index in [4.69, 9.17) is 10.5 Å². The molecule has 0 atom stereocenters. The van der Waals surface area contributed by atoms with Crippen LogP contribution in [-0.2, 0) is 6.61 Å². The SMILES string of the molecule is CC(=O)c1ccc(OCc2ccc(C(N)=O)cc2[N+](=O)[O-])cc1.